The fraction of sp³-hybridized carbons (Fsp3) is 0.462. The van der Waals surface area contributed by atoms with E-state index in [1.807, 2.05) is 4.90 Å². The Balaban J connectivity index is 1.99. The van der Waals surface area contributed by atoms with E-state index in [-0.39, 0.29) is 5.91 Å². The lowest BCUT2D eigenvalue weighted by Crippen LogP contribution is -2.53. The van der Waals surface area contributed by atoms with E-state index in [4.69, 9.17) is 5.11 Å². The van der Waals surface area contributed by atoms with Crippen molar-refractivity contribution in [3.63, 3.8) is 0 Å². The van der Waals surface area contributed by atoms with Crippen molar-refractivity contribution in [2.45, 2.75) is 13.0 Å². The van der Waals surface area contributed by atoms with Crippen molar-refractivity contribution in [1.82, 2.24) is 14.8 Å². The predicted octanol–water partition coefficient (Wildman–Crippen LogP) is 1.07. The number of aromatic nitrogens is 1. The minimum absolute atomic E-state index is 0.0763. The van der Waals surface area contributed by atoms with Crippen molar-refractivity contribution in [2.24, 2.45) is 0 Å². The number of pyridine rings is 1. The van der Waals surface area contributed by atoms with Gasteiger partial charge in [0.15, 0.2) is 0 Å². The van der Waals surface area contributed by atoms with Gasteiger partial charge in [0.25, 0.3) is 5.91 Å². The fourth-order valence-corrected chi connectivity index (χ4v) is 2.60. The third-order valence-corrected chi connectivity index (χ3v) is 4.13. The van der Waals surface area contributed by atoms with Crippen molar-refractivity contribution in [3.05, 3.63) is 28.5 Å². The van der Waals surface area contributed by atoms with Crippen LogP contribution in [0, 0.1) is 0 Å². The van der Waals surface area contributed by atoms with Gasteiger partial charge in [0, 0.05) is 32.4 Å². The SMILES string of the molecule is CC(C(=O)O)N1CCN(C(=O)c2cccnc2Br)CC1. The third-order valence-electron chi connectivity index (χ3n) is 3.50. The van der Waals surface area contributed by atoms with Crippen LogP contribution in [0.15, 0.2) is 22.9 Å². The summed E-state index contributed by atoms with van der Waals surface area (Å²) in [5, 5.41) is 8.99. The van der Waals surface area contributed by atoms with E-state index in [1.165, 1.54) is 0 Å². The minimum atomic E-state index is -0.834. The molecule has 0 saturated carbocycles. The van der Waals surface area contributed by atoms with Crippen LogP contribution in [-0.2, 0) is 4.79 Å². The van der Waals surface area contributed by atoms with Crippen LogP contribution in [0.1, 0.15) is 17.3 Å². The lowest BCUT2D eigenvalue weighted by Gasteiger charge is -2.36. The summed E-state index contributed by atoms with van der Waals surface area (Å²) in [5.41, 5.74) is 0.534. The van der Waals surface area contributed by atoms with E-state index in [0.717, 1.165) is 0 Å². The summed E-state index contributed by atoms with van der Waals surface area (Å²) in [4.78, 5) is 30.9. The summed E-state index contributed by atoms with van der Waals surface area (Å²) in [6.07, 6.45) is 1.62. The van der Waals surface area contributed by atoms with E-state index in [0.29, 0.717) is 36.3 Å². The average Bonchev–Trinajstić information content (AvgIpc) is 2.46. The molecule has 0 aliphatic carbocycles. The van der Waals surface area contributed by atoms with E-state index in [9.17, 15) is 9.59 Å². The number of nitrogens with zero attached hydrogens (tertiary/aromatic N) is 3. The van der Waals surface area contributed by atoms with Crippen LogP contribution in [0.2, 0.25) is 0 Å². The number of carboxylic acids is 1. The van der Waals surface area contributed by atoms with E-state index in [1.54, 1.807) is 30.2 Å². The second-order valence-corrected chi connectivity index (χ2v) is 5.44. The molecule has 1 aliphatic heterocycles. The Morgan fingerprint density at radius 3 is 2.55 bits per heavy atom. The van der Waals surface area contributed by atoms with E-state index >= 15 is 0 Å². The standard InChI is InChI=1S/C13H16BrN3O3/c1-9(13(19)20)16-5-7-17(8-6-16)12(18)10-3-2-4-15-11(10)14/h2-4,9H,5-8H2,1H3,(H,19,20). The molecule has 1 N–H and O–H groups in total. The van der Waals surface area contributed by atoms with Gasteiger partial charge >= 0.3 is 5.97 Å². The fourth-order valence-electron chi connectivity index (χ4n) is 2.18. The lowest BCUT2D eigenvalue weighted by atomic mass is 10.2. The second kappa shape index (κ2) is 6.32. The van der Waals surface area contributed by atoms with Crippen LogP contribution in [0.25, 0.3) is 0 Å². The van der Waals surface area contributed by atoms with Gasteiger partial charge in [-0.25, -0.2) is 4.98 Å². The smallest absolute Gasteiger partial charge is 0.320 e. The summed E-state index contributed by atoms with van der Waals surface area (Å²) < 4.78 is 0.534. The number of amides is 1. The first-order chi connectivity index (χ1) is 9.50. The monoisotopic (exact) mass is 341 g/mol. The van der Waals surface area contributed by atoms with E-state index < -0.39 is 12.0 Å². The second-order valence-electron chi connectivity index (χ2n) is 4.68. The van der Waals surface area contributed by atoms with Crippen LogP contribution in [0.5, 0.6) is 0 Å². The largest absolute Gasteiger partial charge is 0.480 e. The van der Waals surface area contributed by atoms with Gasteiger partial charge in [0.2, 0.25) is 0 Å². The average molecular weight is 342 g/mol. The molecular weight excluding hydrogens is 326 g/mol. The molecule has 1 unspecified atom stereocenters. The molecule has 1 amide bonds. The number of piperazine rings is 1. The highest BCUT2D eigenvalue weighted by Crippen LogP contribution is 2.16. The van der Waals surface area contributed by atoms with Gasteiger partial charge in [-0.2, -0.15) is 0 Å². The number of carboxylic acid groups (broad SMARTS) is 1. The van der Waals surface area contributed by atoms with Crippen LogP contribution < -0.4 is 0 Å². The zero-order valence-corrected chi connectivity index (χ0v) is 12.7. The quantitative estimate of drug-likeness (QED) is 0.832. The van der Waals surface area contributed by atoms with Crippen molar-refractivity contribution in [1.29, 1.82) is 0 Å². The molecule has 2 rings (SSSR count). The first-order valence-corrected chi connectivity index (χ1v) is 7.16. The summed E-state index contributed by atoms with van der Waals surface area (Å²) in [7, 11) is 0. The summed E-state index contributed by atoms with van der Waals surface area (Å²) in [6.45, 7) is 3.85. The van der Waals surface area contributed by atoms with Gasteiger partial charge < -0.3 is 10.0 Å². The van der Waals surface area contributed by atoms with Crippen molar-refractivity contribution in [2.75, 3.05) is 26.2 Å². The number of carbonyl (C=O) groups is 2. The van der Waals surface area contributed by atoms with Crippen LogP contribution in [0.4, 0.5) is 0 Å². The Bertz CT molecular complexity index is 515. The Kier molecular flexibility index (Phi) is 4.72. The molecule has 6 nitrogen and oxygen atoms in total. The molecule has 1 fully saturated rings. The van der Waals surface area contributed by atoms with Crippen molar-refractivity contribution in [3.8, 4) is 0 Å². The first kappa shape index (κ1) is 14.9. The Morgan fingerprint density at radius 2 is 2.00 bits per heavy atom. The zero-order valence-electron chi connectivity index (χ0n) is 11.1. The van der Waals surface area contributed by atoms with Gasteiger partial charge in [-0.1, -0.05) is 0 Å². The summed E-state index contributed by atoms with van der Waals surface area (Å²) in [6, 6.07) is 2.93. The Labute approximate surface area is 125 Å². The Hall–Kier alpha value is -1.47. The van der Waals surface area contributed by atoms with Crippen LogP contribution in [0.3, 0.4) is 0 Å². The molecular formula is C13H16BrN3O3. The van der Waals surface area contributed by atoms with E-state index in [2.05, 4.69) is 20.9 Å². The van der Waals surface area contributed by atoms with Crippen molar-refractivity contribution < 1.29 is 14.7 Å². The van der Waals surface area contributed by atoms with Crippen molar-refractivity contribution >= 4 is 27.8 Å². The molecule has 7 heteroatoms. The lowest BCUT2D eigenvalue weighted by molar-refractivity contribution is -0.143. The molecule has 1 aromatic rings. The van der Waals surface area contributed by atoms with Crippen LogP contribution in [-0.4, -0.2) is 64.0 Å². The molecule has 1 atom stereocenters. The number of halogens is 1. The molecule has 20 heavy (non-hydrogen) atoms. The molecule has 0 spiro atoms. The van der Waals surface area contributed by atoms with Crippen LogP contribution >= 0.6 is 15.9 Å². The highest BCUT2D eigenvalue weighted by molar-refractivity contribution is 9.10. The molecule has 2 heterocycles. The molecule has 1 aliphatic rings. The molecule has 1 saturated heterocycles. The van der Waals surface area contributed by atoms with Gasteiger partial charge in [-0.3, -0.25) is 14.5 Å². The highest BCUT2D eigenvalue weighted by atomic mass is 79.9. The van der Waals surface area contributed by atoms with Gasteiger partial charge in [0.05, 0.1) is 5.56 Å². The number of carbonyl (C=O) groups excluding carboxylic acids is 1. The van der Waals surface area contributed by atoms with Gasteiger partial charge in [0.1, 0.15) is 10.6 Å². The predicted molar refractivity (Wildman–Crippen MR) is 76.5 cm³/mol. The third kappa shape index (κ3) is 3.16. The number of rotatable bonds is 3. The number of hydrogen-bond acceptors (Lipinski definition) is 4. The zero-order chi connectivity index (χ0) is 14.7. The topological polar surface area (TPSA) is 73.7 Å². The molecule has 0 radical (unpaired) electrons. The molecule has 108 valence electrons. The maximum absolute atomic E-state index is 12.4. The number of aliphatic carboxylic acids is 1. The van der Waals surface area contributed by atoms with Gasteiger partial charge in [-0.05, 0) is 35.0 Å². The molecule has 0 aromatic carbocycles. The molecule has 1 aromatic heterocycles. The summed E-state index contributed by atoms with van der Waals surface area (Å²) in [5.74, 6) is -0.910. The Morgan fingerprint density at radius 1 is 1.35 bits per heavy atom. The highest BCUT2D eigenvalue weighted by Gasteiger charge is 2.28. The normalized spacial score (nSPS) is 17.8. The summed E-state index contributed by atoms with van der Waals surface area (Å²) >= 11 is 3.27. The first-order valence-electron chi connectivity index (χ1n) is 6.37. The minimum Gasteiger partial charge on any atom is -0.480 e. The maximum Gasteiger partial charge on any atom is 0.320 e. The molecule has 0 bridgehead atoms. The van der Waals surface area contributed by atoms with Gasteiger partial charge in [-0.15, -0.1) is 0 Å². The number of hydrogen-bond donors (Lipinski definition) is 1. The maximum atomic E-state index is 12.4.